The Hall–Kier alpha value is -6.98. The fraction of sp³-hybridized carbons (Fsp3) is 0.250. The molecule has 1 aromatic heterocycles. The van der Waals surface area contributed by atoms with Gasteiger partial charge in [0.25, 0.3) is 6.71 Å². The summed E-state index contributed by atoms with van der Waals surface area (Å²) in [6, 6.07) is 63.9. The lowest BCUT2D eigenvalue weighted by atomic mass is 9.33. The SMILES string of the molecule is CC(C)(C)c1cccc(N2c3cc(C(C)(C)C)ccc3B3c4ccc(C(C)(C)C)cc4N(c4cccc(C(C)(C)C)c4)c4cc(N(c5ccccc5)c5cccc6c5oc5ccccc56)cc2c43)c1. The first-order chi connectivity index (χ1) is 32.8. The van der Waals surface area contributed by atoms with Gasteiger partial charge >= 0.3 is 0 Å². The molecule has 0 saturated carbocycles. The average Bonchev–Trinajstić information content (AvgIpc) is 3.70. The monoisotopic (exact) mass is 902 g/mol. The number of hydrogen-bond donors (Lipinski definition) is 0. The van der Waals surface area contributed by atoms with Crippen LogP contribution in [0, 0.1) is 0 Å². The minimum atomic E-state index is -0.0719. The summed E-state index contributed by atoms with van der Waals surface area (Å²) in [6.07, 6.45) is 0. The normalized spacial score (nSPS) is 13.7. The molecule has 0 aliphatic carbocycles. The summed E-state index contributed by atoms with van der Waals surface area (Å²) < 4.78 is 6.90. The molecule has 0 amide bonds. The Kier molecular flexibility index (Phi) is 10.2. The van der Waals surface area contributed by atoms with Crippen molar-refractivity contribution in [1.29, 1.82) is 0 Å². The van der Waals surface area contributed by atoms with E-state index in [4.69, 9.17) is 4.42 Å². The zero-order chi connectivity index (χ0) is 48.4. The molecule has 69 heavy (non-hydrogen) atoms. The van der Waals surface area contributed by atoms with E-state index >= 15 is 0 Å². The van der Waals surface area contributed by atoms with Crippen LogP contribution in [0.25, 0.3) is 21.9 Å². The quantitative estimate of drug-likeness (QED) is 0.161. The van der Waals surface area contributed by atoms with Gasteiger partial charge in [-0.3, -0.25) is 0 Å². The molecule has 0 bridgehead atoms. The van der Waals surface area contributed by atoms with E-state index in [1.54, 1.807) is 0 Å². The van der Waals surface area contributed by atoms with E-state index in [9.17, 15) is 0 Å². The predicted octanol–water partition coefficient (Wildman–Crippen LogP) is 16.3. The maximum atomic E-state index is 6.90. The molecule has 8 aromatic carbocycles. The van der Waals surface area contributed by atoms with Crippen LogP contribution in [0.4, 0.5) is 51.2 Å². The van der Waals surface area contributed by atoms with Crippen LogP contribution in [-0.4, -0.2) is 6.71 Å². The van der Waals surface area contributed by atoms with Gasteiger partial charge in [-0.25, -0.2) is 0 Å². The van der Waals surface area contributed by atoms with Crippen molar-refractivity contribution in [3.05, 3.63) is 192 Å². The van der Waals surface area contributed by atoms with Crippen LogP contribution in [-0.2, 0) is 21.7 Å². The second-order valence-electron chi connectivity index (χ2n) is 23.6. The predicted molar refractivity (Wildman–Crippen MR) is 297 cm³/mol. The van der Waals surface area contributed by atoms with E-state index in [0.717, 1.165) is 61.8 Å². The summed E-state index contributed by atoms with van der Waals surface area (Å²) in [4.78, 5) is 7.59. The van der Waals surface area contributed by atoms with Crippen molar-refractivity contribution in [1.82, 2.24) is 0 Å². The Morgan fingerprint density at radius 3 is 1.38 bits per heavy atom. The largest absolute Gasteiger partial charge is 0.454 e. The van der Waals surface area contributed by atoms with Crippen molar-refractivity contribution in [3.8, 4) is 0 Å². The van der Waals surface area contributed by atoms with Crippen LogP contribution in [0.3, 0.4) is 0 Å². The summed E-state index contributed by atoms with van der Waals surface area (Å²) in [6.45, 7) is 27.8. The minimum absolute atomic E-state index is 0.0369. The van der Waals surface area contributed by atoms with Crippen molar-refractivity contribution in [2.45, 2.75) is 105 Å². The standard InChI is InChI=1S/C64H64BN3O/c1-61(2,3)41-21-18-25-46(35-41)67-54-37-43(63(7,8)9)31-33-51(54)65-52-34-32-44(64(10,11)12)38-55(52)68(47-26-19-22-42(36-47)62(4,5)6)57-40-48(39-56(67)59(57)65)66(45-23-14-13-15-24-45)53-29-20-28-50-49-27-16-17-30-58(49)69-60(50)53/h13-40H,1-12H3. The smallest absolute Gasteiger partial charge is 0.252 e. The maximum absolute atomic E-state index is 6.90. The first-order valence-corrected chi connectivity index (χ1v) is 24.8. The van der Waals surface area contributed by atoms with E-state index < -0.39 is 0 Å². The molecular formula is C64H64BN3O. The van der Waals surface area contributed by atoms with Crippen molar-refractivity contribution < 1.29 is 4.42 Å². The zero-order valence-corrected chi connectivity index (χ0v) is 42.5. The van der Waals surface area contributed by atoms with E-state index in [-0.39, 0.29) is 28.4 Å². The second kappa shape index (κ2) is 15.8. The Bertz CT molecular complexity index is 3320. The molecule has 9 aromatic rings. The van der Waals surface area contributed by atoms with Crippen molar-refractivity contribution in [3.63, 3.8) is 0 Å². The van der Waals surface area contributed by atoms with Gasteiger partial charge in [0.05, 0.1) is 11.4 Å². The Morgan fingerprint density at radius 1 is 0.391 bits per heavy atom. The van der Waals surface area contributed by atoms with E-state index in [1.165, 1.54) is 50.0 Å². The number of rotatable bonds is 5. The maximum Gasteiger partial charge on any atom is 0.252 e. The summed E-state index contributed by atoms with van der Waals surface area (Å²) in [7, 11) is 0. The Labute approximate surface area is 410 Å². The van der Waals surface area contributed by atoms with Crippen LogP contribution < -0.4 is 31.1 Å². The molecule has 0 saturated heterocycles. The number of benzene rings is 8. The highest BCUT2D eigenvalue weighted by Crippen LogP contribution is 2.51. The molecule has 0 atom stereocenters. The van der Waals surface area contributed by atoms with Crippen LogP contribution in [0.15, 0.2) is 174 Å². The molecule has 0 radical (unpaired) electrons. The highest BCUT2D eigenvalue weighted by atomic mass is 16.3. The molecule has 4 nitrogen and oxygen atoms in total. The number of para-hydroxylation sites is 3. The lowest BCUT2D eigenvalue weighted by Gasteiger charge is -2.46. The van der Waals surface area contributed by atoms with E-state index in [1.807, 2.05) is 0 Å². The number of anilines is 9. The Morgan fingerprint density at radius 2 is 0.855 bits per heavy atom. The van der Waals surface area contributed by atoms with Gasteiger partial charge < -0.3 is 19.1 Å². The third kappa shape index (κ3) is 7.53. The van der Waals surface area contributed by atoms with Gasteiger partial charge in [0.1, 0.15) is 5.58 Å². The van der Waals surface area contributed by atoms with Gasteiger partial charge in [-0.15, -0.1) is 0 Å². The van der Waals surface area contributed by atoms with Crippen LogP contribution in [0.1, 0.15) is 105 Å². The molecule has 0 spiro atoms. The lowest BCUT2D eigenvalue weighted by molar-refractivity contribution is 0.589. The van der Waals surface area contributed by atoms with Gasteiger partial charge in [-0.05, 0) is 133 Å². The molecule has 0 N–H and O–H groups in total. The number of hydrogen-bond acceptors (Lipinski definition) is 4. The van der Waals surface area contributed by atoms with Crippen molar-refractivity contribution in [2.24, 2.45) is 0 Å². The van der Waals surface area contributed by atoms with E-state index in [0.29, 0.717) is 0 Å². The highest BCUT2D eigenvalue weighted by Gasteiger charge is 2.45. The summed E-state index contributed by atoms with van der Waals surface area (Å²) in [5.41, 5.74) is 20.7. The van der Waals surface area contributed by atoms with Crippen LogP contribution in [0.2, 0.25) is 0 Å². The molecule has 344 valence electrons. The molecule has 0 fully saturated rings. The lowest BCUT2D eigenvalue weighted by Crippen LogP contribution is -2.61. The highest BCUT2D eigenvalue weighted by molar-refractivity contribution is 7.00. The van der Waals surface area contributed by atoms with Crippen LogP contribution in [0.5, 0.6) is 0 Å². The van der Waals surface area contributed by atoms with Gasteiger partial charge in [0, 0.05) is 50.6 Å². The van der Waals surface area contributed by atoms with Crippen molar-refractivity contribution in [2.75, 3.05) is 14.7 Å². The molecule has 0 unspecified atom stereocenters. The number of nitrogens with zero attached hydrogens (tertiary/aromatic N) is 3. The fourth-order valence-electron chi connectivity index (χ4n) is 10.7. The number of fused-ring (bicyclic) bond motifs is 7. The van der Waals surface area contributed by atoms with Gasteiger partial charge in [-0.2, -0.15) is 0 Å². The Balaban J connectivity index is 1.31. The summed E-state index contributed by atoms with van der Waals surface area (Å²) in [5, 5.41) is 2.20. The average molecular weight is 902 g/mol. The van der Waals surface area contributed by atoms with Gasteiger partial charge in [0.2, 0.25) is 0 Å². The summed E-state index contributed by atoms with van der Waals surface area (Å²) >= 11 is 0. The third-order valence-electron chi connectivity index (χ3n) is 14.6. The van der Waals surface area contributed by atoms with E-state index in [2.05, 4.69) is 268 Å². The first kappa shape index (κ1) is 44.5. The van der Waals surface area contributed by atoms with Crippen LogP contribution >= 0.6 is 0 Å². The molecule has 11 rings (SSSR count). The summed E-state index contributed by atoms with van der Waals surface area (Å²) in [5.74, 6) is 0. The zero-order valence-electron chi connectivity index (χ0n) is 42.5. The van der Waals surface area contributed by atoms with Gasteiger partial charge in [0.15, 0.2) is 5.58 Å². The molecule has 5 heteroatoms. The molecular weight excluding hydrogens is 838 g/mol. The number of furan rings is 1. The van der Waals surface area contributed by atoms with Crippen molar-refractivity contribution >= 4 is 96.2 Å². The first-order valence-electron chi connectivity index (χ1n) is 24.8. The van der Waals surface area contributed by atoms with Gasteiger partial charge in [-0.1, -0.05) is 180 Å². The third-order valence-corrected chi connectivity index (χ3v) is 14.6. The minimum Gasteiger partial charge on any atom is -0.454 e. The molecule has 2 aliphatic rings. The topological polar surface area (TPSA) is 22.9 Å². The second-order valence-corrected chi connectivity index (χ2v) is 23.6. The molecule has 3 heterocycles. The fourth-order valence-corrected chi connectivity index (χ4v) is 10.7. The molecule has 2 aliphatic heterocycles.